The lowest BCUT2D eigenvalue weighted by Gasteiger charge is -2.36. The van der Waals surface area contributed by atoms with Gasteiger partial charge in [0.15, 0.2) is 12.6 Å². The van der Waals surface area contributed by atoms with Gasteiger partial charge in [-0.3, -0.25) is 4.79 Å². The predicted octanol–water partition coefficient (Wildman–Crippen LogP) is -1.49. The maximum absolute atomic E-state index is 10.6. The minimum absolute atomic E-state index is 0.0315. The fourth-order valence-corrected chi connectivity index (χ4v) is 1.59. The SMILES string of the molecule is O=CC1C(O)=CC(O)(C=O)CC1(O)C=O. The van der Waals surface area contributed by atoms with Gasteiger partial charge in [-0.2, -0.15) is 0 Å². The van der Waals surface area contributed by atoms with Crippen molar-refractivity contribution >= 4 is 18.9 Å². The van der Waals surface area contributed by atoms with Crippen LogP contribution in [0.4, 0.5) is 0 Å². The third-order valence-electron chi connectivity index (χ3n) is 2.37. The zero-order valence-electron chi connectivity index (χ0n) is 7.66. The maximum atomic E-state index is 10.6. The van der Waals surface area contributed by atoms with Crippen molar-refractivity contribution in [3.8, 4) is 0 Å². The van der Waals surface area contributed by atoms with Gasteiger partial charge < -0.3 is 24.9 Å². The first-order valence-electron chi connectivity index (χ1n) is 4.15. The Bertz CT molecular complexity index is 335. The molecule has 15 heavy (non-hydrogen) atoms. The summed E-state index contributed by atoms with van der Waals surface area (Å²) in [5, 5.41) is 28.4. The molecule has 0 aromatic rings. The van der Waals surface area contributed by atoms with Gasteiger partial charge in [-0.1, -0.05) is 0 Å². The van der Waals surface area contributed by atoms with Crippen molar-refractivity contribution in [2.75, 3.05) is 0 Å². The Labute approximate surface area is 84.8 Å². The molecule has 1 aliphatic carbocycles. The van der Waals surface area contributed by atoms with Crippen molar-refractivity contribution in [3.63, 3.8) is 0 Å². The Hall–Kier alpha value is -1.53. The molecule has 1 rings (SSSR count). The van der Waals surface area contributed by atoms with E-state index in [1.807, 2.05) is 0 Å². The van der Waals surface area contributed by atoms with Crippen molar-refractivity contribution < 1.29 is 29.7 Å². The second-order valence-corrected chi connectivity index (χ2v) is 3.58. The van der Waals surface area contributed by atoms with E-state index in [1.165, 1.54) is 0 Å². The summed E-state index contributed by atoms with van der Waals surface area (Å²) in [6.45, 7) is 0. The van der Waals surface area contributed by atoms with Gasteiger partial charge in [0.1, 0.15) is 29.2 Å². The van der Waals surface area contributed by atoms with Crippen LogP contribution in [-0.2, 0) is 14.4 Å². The van der Waals surface area contributed by atoms with Crippen molar-refractivity contribution in [1.29, 1.82) is 0 Å². The van der Waals surface area contributed by atoms with Crippen LogP contribution in [0.2, 0.25) is 0 Å². The highest BCUT2D eigenvalue weighted by molar-refractivity contribution is 5.78. The highest BCUT2D eigenvalue weighted by atomic mass is 16.3. The first-order valence-corrected chi connectivity index (χ1v) is 4.15. The number of rotatable bonds is 3. The second kappa shape index (κ2) is 3.56. The van der Waals surface area contributed by atoms with E-state index in [9.17, 15) is 29.7 Å². The molecule has 3 unspecified atom stereocenters. The Morgan fingerprint density at radius 3 is 2.27 bits per heavy atom. The summed E-state index contributed by atoms with van der Waals surface area (Å²) in [4.78, 5) is 31.7. The number of carbonyl (C=O) groups excluding carboxylic acids is 3. The van der Waals surface area contributed by atoms with E-state index in [0.29, 0.717) is 0 Å². The Balaban J connectivity index is 3.24. The normalized spacial score (nSPS) is 40.4. The summed E-state index contributed by atoms with van der Waals surface area (Å²) in [7, 11) is 0. The third-order valence-corrected chi connectivity index (χ3v) is 2.37. The molecule has 0 saturated carbocycles. The summed E-state index contributed by atoms with van der Waals surface area (Å²) < 4.78 is 0. The fraction of sp³-hybridized carbons (Fsp3) is 0.444. The Morgan fingerprint density at radius 1 is 1.27 bits per heavy atom. The van der Waals surface area contributed by atoms with Crippen LogP contribution in [0, 0.1) is 5.92 Å². The summed E-state index contributed by atoms with van der Waals surface area (Å²) in [6, 6.07) is 0. The standard InChI is InChI=1S/C9H10O6/c10-2-6-7(13)1-8(14,4-11)3-9(6,15)5-12/h1-2,4-6,13-15H,3H2. The maximum Gasteiger partial charge on any atom is 0.155 e. The summed E-state index contributed by atoms with van der Waals surface area (Å²) in [5.41, 5.74) is -4.38. The Kier molecular flexibility index (Phi) is 2.74. The second-order valence-electron chi connectivity index (χ2n) is 3.58. The van der Waals surface area contributed by atoms with E-state index in [4.69, 9.17) is 0 Å². The van der Waals surface area contributed by atoms with E-state index < -0.39 is 29.3 Å². The number of aldehydes is 3. The van der Waals surface area contributed by atoms with E-state index in [2.05, 4.69) is 0 Å². The largest absolute Gasteiger partial charge is 0.512 e. The van der Waals surface area contributed by atoms with Gasteiger partial charge in [0.25, 0.3) is 0 Å². The summed E-state index contributed by atoms with van der Waals surface area (Å²) >= 11 is 0. The number of hydrogen-bond donors (Lipinski definition) is 3. The molecule has 0 radical (unpaired) electrons. The quantitative estimate of drug-likeness (QED) is 0.493. The van der Waals surface area contributed by atoms with Crippen molar-refractivity contribution in [3.05, 3.63) is 11.8 Å². The van der Waals surface area contributed by atoms with Gasteiger partial charge >= 0.3 is 0 Å². The van der Waals surface area contributed by atoms with Crippen LogP contribution >= 0.6 is 0 Å². The molecule has 0 aromatic heterocycles. The van der Waals surface area contributed by atoms with E-state index in [1.54, 1.807) is 0 Å². The molecule has 0 saturated heterocycles. The molecule has 6 heteroatoms. The van der Waals surface area contributed by atoms with Crippen molar-refractivity contribution in [2.24, 2.45) is 5.92 Å². The zero-order chi connectivity index (χ0) is 11.7. The number of hydrogen-bond acceptors (Lipinski definition) is 6. The lowest BCUT2D eigenvalue weighted by atomic mass is 9.74. The molecule has 3 N–H and O–H groups in total. The molecule has 0 aliphatic heterocycles. The van der Waals surface area contributed by atoms with Crippen molar-refractivity contribution in [1.82, 2.24) is 0 Å². The van der Waals surface area contributed by atoms with Crippen LogP contribution < -0.4 is 0 Å². The molecule has 0 fully saturated rings. The minimum Gasteiger partial charge on any atom is -0.512 e. The van der Waals surface area contributed by atoms with E-state index in [-0.39, 0.29) is 18.9 Å². The first-order chi connectivity index (χ1) is 6.90. The van der Waals surface area contributed by atoms with Gasteiger partial charge in [0, 0.05) is 6.42 Å². The number of aliphatic hydroxyl groups is 3. The third kappa shape index (κ3) is 1.81. The van der Waals surface area contributed by atoms with Crippen molar-refractivity contribution in [2.45, 2.75) is 17.6 Å². The lowest BCUT2D eigenvalue weighted by molar-refractivity contribution is -0.148. The topological polar surface area (TPSA) is 112 Å². The molecule has 0 bridgehead atoms. The predicted molar refractivity (Wildman–Crippen MR) is 46.9 cm³/mol. The molecule has 82 valence electrons. The van der Waals surface area contributed by atoms with Crippen LogP contribution in [0.1, 0.15) is 6.42 Å². The zero-order valence-corrected chi connectivity index (χ0v) is 7.66. The highest BCUT2D eigenvalue weighted by Gasteiger charge is 2.49. The molecule has 0 amide bonds. The van der Waals surface area contributed by atoms with Gasteiger partial charge in [-0.05, 0) is 6.08 Å². The average Bonchev–Trinajstić information content (AvgIpc) is 2.17. The lowest BCUT2D eigenvalue weighted by Crippen LogP contribution is -2.52. The number of carbonyl (C=O) groups is 3. The van der Waals surface area contributed by atoms with Crippen LogP contribution in [0.15, 0.2) is 11.8 Å². The molecular formula is C9H10O6. The Morgan fingerprint density at radius 2 is 1.87 bits per heavy atom. The highest BCUT2D eigenvalue weighted by Crippen LogP contribution is 2.35. The molecule has 3 atom stereocenters. The van der Waals surface area contributed by atoms with Crippen LogP contribution in [0.25, 0.3) is 0 Å². The van der Waals surface area contributed by atoms with Gasteiger partial charge in [0.2, 0.25) is 0 Å². The first kappa shape index (κ1) is 11.5. The molecule has 0 aromatic carbocycles. The minimum atomic E-state index is -2.25. The van der Waals surface area contributed by atoms with E-state index >= 15 is 0 Å². The molecule has 6 nitrogen and oxygen atoms in total. The van der Waals surface area contributed by atoms with Crippen LogP contribution in [0.3, 0.4) is 0 Å². The van der Waals surface area contributed by atoms with Gasteiger partial charge in [-0.25, -0.2) is 0 Å². The molecular weight excluding hydrogens is 204 g/mol. The van der Waals surface area contributed by atoms with Crippen LogP contribution in [-0.4, -0.2) is 45.4 Å². The summed E-state index contributed by atoms with van der Waals surface area (Å²) in [6.07, 6.45) is 0.393. The summed E-state index contributed by atoms with van der Waals surface area (Å²) in [5.74, 6) is -2.14. The molecule has 1 aliphatic rings. The fourth-order valence-electron chi connectivity index (χ4n) is 1.59. The monoisotopic (exact) mass is 214 g/mol. The van der Waals surface area contributed by atoms with Gasteiger partial charge in [0.05, 0.1) is 0 Å². The van der Waals surface area contributed by atoms with Crippen LogP contribution in [0.5, 0.6) is 0 Å². The van der Waals surface area contributed by atoms with Gasteiger partial charge in [-0.15, -0.1) is 0 Å². The average molecular weight is 214 g/mol. The smallest absolute Gasteiger partial charge is 0.155 e. The molecule has 0 spiro atoms. The molecule has 0 heterocycles. The van der Waals surface area contributed by atoms with E-state index in [0.717, 1.165) is 6.08 Å². The number of aliphatic hydroxyl groups excluding tert-OH is 1.